The average molecular weight is 434 g/mol. The van der Waals surface area contributed by atoms with Crippen LogP contribution in [-0.4, -0.2) is 25.1 Å². The first-order valence-corrected chi connectivity index (χ1v) is 12.1. The third kappa shape index (κ3) is 6.09. The molecule has 0 aliphatic carbocycles. The van der Waals surface area contributed by atoms with Crippen LogP contribution >= 0.6 is 8.58 Å². The number of likely N-dealkylation sites (tertiary alicyclic amines) is 1. The van der Waals surface area contributed by atoms with Crippen molar-refractivity contribution in [2.75, 3.05) is 20.2 Å². The Hall–Kier alpha value is -2.35. The van der Waals surface area contributed by atoms with Crippen LogP contribution in [0.2, 0.25) is 0 Å². The average Bonchev–Trinajstić information content (AvgIpc) is 2.81. The first-order valence-electron chi connectivity index (χ1n) is 11.1. The Labute approximate surface area is 188 Å². The summed E-state index contributed by atoms with van der Waals surface area (Å²) in [7, 11) is 2.25. The van der Waals surface area contributed by atoms with Gasteiger partial charge in [0, 0.05) is 11.8 Å². The van der Waals surface area contributed by atoms with Crippen molar-refractivity contribution in [2.24, 2.45) is 0 Å². The number of benzene rings is 3. The predicted molar refractivity (Wildman–Crippen MR) is 132 cm³/mol. The lowest BCUT2D eigenvalue weighted by Gasteiger charge is -2.27. The van der Waals surface area contributed by atoms with Crippen molar-refractivity contribution in [1.29, 1.82) is 0 Å². The van der Waals surface area contributed by atoms with Gasteiger partial charge in [-0.3, -0.25) is 4.90 Å². The molecule has 0 amide bonds. The van der Waals surface area contributed by atoms with E-state index in [1.54, 1.807) is 7.11 Å². The maximum absolute atomic E-state index is 6.25. The second-order valence-electron chi connectivity index (χ2n) is 8.26. The van der Waals surface area contributed by atoms with Crippen LogP contribution in [0.5, 0.6) is 11.5 Å². The zero-order valence-electron chi connectivity index (χ0n) is 18.6. The summed E-state index contributed by atoms with van der Waals surface area (Å²) in [4.78, 5) is 2.60. The quantitative estimate of drug-likeness (QED) is 0.456. The van der Waals surface area contributed by atoms with Crippen molar-refractivity contribution in [1.82, 2.24) is 4.90 Å². The monoisotopic (exact) mass is 433 g/mol. The predicted octanol–water partition coefficient (Wildman–Crippen LogP) is 5.20. The van der Waals surface area contributed by atoms with Crippen LogP contribution in [0.4, 0.5) is 0 Å². The number of rotatable bonds is 8. The summed E-state index contributed by atoms with van der Waals surface area (Å²) >= 11 is 0. The summed E-state index contributed by atoms with van der Waals surface area (Å²) in [5, 5.41) is 2.59. The summed E-state index contributed by atoms with van der Waals surface area (Å²) in [6.07, 6.45) is 4.00. The van der Waals surface area contributed by atoms with Crippen molar-refractivity contribution in [3.63, 3.8) is 0 Å². The third-order valence-electron chi connectivity index (χ3n) is 5.80. The minimum absolute atomic E-state index is 0.527. The lowest BCUT2D eigenvalue weighted by atomic mass is 10.1. The summed E-state index contributed by atoms with van der Waals surface area (Å²) in [5.41, 5.74) is 3.94. The van der Waals surface area contributed by atoms with E-state index in [2.05, 4.69) is 60.4 Å². The molecule has 0 spiro atoms. The van der Waals surface area contributed by atoms with Gasteiger partial charge in [0.2, 0.25) is 0 Å². The van der Waals surface area contributed by atoms with Crippen LogP contribution in [0.1, 0.15) is 36.0 Å². The molecule has 1 aliphatic rings. The molecule has 3 nitrogen and oxygen atoms in total. The second-order valence-corrected chi connectivity index (χ2v) is 9.59. The van der Waals surface area contributed by atoms with Gasteiger partial charge in [0.15, 0.2) is 0 Å². The summed E-state index contributed by atoms with van der Waals surface area (Å²) < 4.78 is 11.8. The highest BCUT2D eigenvalue weighted by Gasteiger charge is 2.15. The van der Waals surface area contributed by atoms with Crippen molar-refractivity contribution in [3.05, 3.63) is 83.4 Å². The number of piperidine rings is 1. The highest BCUT2D eigenvalue weighted by molar-refractivity contribution is 7.55. The van der Waals surface area contributed by atoms with E-state index < -0.39 is 0 Å². The smallest absolute Gasteiger partial charge is 0.127 e. The van der Waals surface area contributed by atoms with Gasteiger partial charge in [-0.1, -0.05) is 69.1 Å². The van der Waals surface area contributed by atoms with E-state index in [1.807, 2.05) is 18.2 Å². The Bertz CT molecular complexity index is 984. The van der Waals surface area contributed by atoms with Gasteiger partial charge in [-0.2, -0.15) is 0 Å². The molecule has 1 saturated heterocycles. The normalized spacial score (nSPS) is 14.8. The van der Waals surface area contributed by atoms with E-state index >= 15 is 0 Å². The Balaban J connectivity index is 1.57. The third-order valence-corrected chi connectivity index (χ3v) is 7.21. The van der Waals surface area contributed by atoms with Crippen LogP contribution < -0.4 is 20.1 Å². The largest absolute Gasteiger partial charge is 0.497 e. The highest BCUT2D eigenvalue weighted by Crippen LogP contribution is 2.26. The van der Waals surface area contributed by atoms with Gasteiger partial charge >= 0.3 is 0 Å². The fourth-order valence-electron chi connectivity index (χ4n) is 4.07. The second kappa shape index (κ2) is 10.8. The number of ether oxygens (including phenoxy) is 2. The molecule has 1 unspecified atom stereocenters. The minimum Gasteiger partial charge on any atom is -0.497 e. The Morgan fingerprint density at radius 2 is 1.68 bits per heavy atom. The molecule has 162 valence electrons. The van der Waals surface area contributed by atoms with Gasteiger partial charge < -0.3 is 9.47 Å². The fourth-order valence-corrected chi connectivity index (χ4v) is 5.34. The molecule has 0 N–H and O–H groups in total. The topological polar surface area (TPSA) is 21.7 Å². The van der Waals surface area contributed by atoms with Gasteiger partial charge in [0.25, 0.3) is 0 Å². The van der Waals surface area contributed by atoms with Crippen molar-refractivity contribution in [2.45, 2.75) is 39.3 Å². The molecule has 0 aromatic heterocycles. The molecule has 3 aromatic carbocycles. The Kier molecular flexibility index (Phi) is 7.61. The highest BCUT2D eigenvalue weighted by atomic mass is 31.1. The summed E-state index contributed by atoms with van der Waals surface area (Å²) in [5.74, 6) is 1.81. The minimum atomic E-state index is 0.527. The van der Waals surface area contributed by atoms with Crippen LogP contribution in [0.15, 0.2) is 66.7 Å². The maximum Gasteiger partial charge on any atom is 0.127 e. The van der Waals surface area contributed by atoms with E-state index in [9.17, 15) is 0 Å². The molecule has 31 heavy (non-hydrogen) atoms. The van der Waals surface area contributed by atoms with E-state index in [0.29, 0.717) is 15.2 Å². The summed E-state index contributed by atoms with van der Waals surface area (Å²) in [6, 6.07) is 23.4. The number of hydrogen-bond acceptors (Lipinski definition) is 3. The fraction of sp³-hybridized carbons (Fsp3) is 0.333. The van der Waals surface area contributed by atoms with Gasteiger partial charge in [0.1, 0.15) is 18.1 Å². The number of hydrogen-bond donors (Lipinski definition) is 0. The van der Waals surface area contributed by atoms with E-state index in [0.717, 1.165) is 18.0 Å². The molecule has 0 radical (unpaired) electrons. The maximum atomic E-state index is 6.25. The van der Waals surface area contributed by atoms with E-state index in [-0.39, 0.29) is 0 Å². The lowest BCUT2D eigenvalue weighted by molar-refractivity contribution is 0.221. The van der Waals surface area contributed by atoms with Crippen LogP contribution in [0, 0.1) is 6.92 Å². The number of methoxy groups -OCH3 is 1. The molecule has 1 aliphatic heterocycles. The molecular formula is C27H32NO2P. The van der Waals surface area contributed by atoms with Crippen molar-refractivity contribution in [3.8, 4) is 11.5 Å². The van der Waals surface area contributed by atoms with Crippen LogP contribution in [0.3, 0.4) is 0 Å². The lowest BCUT2D eigenvalue weighted by Crippen LogP contribution is -2.30. The van der Waals surface area contributed by atoms with E-state index in [4.69, 9.17) is 9.47 Å². The number of nitrogens with zero attached hydrogens (tertiary/aromatic N) is 1. The molecule has 0 bridgehead atoms. The van der Waals surface area contributed by atoms with E-state index in [1.165, 1.54) is 59.7 Å². The molecular weight excluding hydrogens is 401 g/mol. The molecule has 3 aromatic rings. The first-order chi connectivity index (χ1) is 15.2. The molecule has 4 heteroatoms. The molecule has 1 heterocycles. The van der Waals surface area contributed by atoms with Gasteiger partial charge in [-0.15, -0.1) is 0 Å². The van der Waals surface area contributed by atoms with Crippen LogP contribution in [-0.2, 0) is 13.2 Å². The Morgan fingerprint density at radius 1 is 0.871 bits per heavy atom. The Morgan fingerprint density at radius 3 is 2.45 bits per heavy atom. The SMILES string of the molecule is COc1ccc(OCc2ccccc2)c(Pc2ccc(C)cc2CN2CCCCC2)c1. The van der Waals surface area contributed by atoms with Crippen molar-refractivity contribution < 1.29 is 9.47 Å². The van der Waals surface area contributed by atoms with Gasteiger partial charge in [-0.25, -0.2) is 0 Å². The zero-order valence-corrected chi connectivity index (χ0v) is 19.6. The molecule has 0 saturated carbocycles. The molecule has 4 rings (SSSR count). The molecule has 1 atom stereocenters. The first kappa shape index (κ1) is 21.9. The van der Waals surface area contributed by atoms with Crippen molar-refractivity contribution >= 4 is 19.2 Å². The summed E-state index contributed by atoms with van der Waals surface area (Å²) in [6.45, 7) is 6.21. The van der Waals surface area contributed by atoms with Gasteiger partial charge in [-0.05, 0) is 67.5 Å². The standard InChI is InChI=1S/C27H32NO2P/c1-21-11-14-26(23(17-21)19-28-15-7-4-8-16-28)31-27-18-24(29-2)12-13-25(27)30-20-22-9-5-3-6-10-22/h3,5-6,9-14,17-18,31H,4,7-8,15-16,19-20H2,1-2H3. The molecule has 1 fully saturated rings. The number of aryl methyl sites for hydroxylation is 1. The zero-order chi connectivity index (χ0) is 21.5. The van der Waals surface area contributed by atoms with Gasteiger partial charge in [0.05, 0.1) is 7.11 Å². The van der Waals surface area contributed by atoms with Crippen LogP contribution in [0.25, 0.3) is 0 Å².